The summed E-state index contributed by atoms with van der Waals surface area (Å²) in [4.78, 5) is 22.6. The van der Waals surface area contributed by atoms with Gasteiger partial charge in [0, 0.05) is 17.5 Å². The van der Waals surface area contributed by atoms with Gasteiger partial charge in [-0.2, -0.15) is 0 Å². The summed E-state index contributed by atoms with van der Waals surface area (Å²) < 4.78 is 11.8. The number of rotatable bonds is 9. The number of thiazole rings is 1. The Morgan fingerprint density at radius 2 is 1.90 bits per heavy atom. The Bertz CT molecular complexity index is 940. The minimum Gasteiger partial charge on any atom is -0.495 e. The number of aromatic nitrogens is 1. The molecule has 2 aromatic heterocycles. The van der Waals surface area contributed by atoms with Crippen LogP contribution >= 0.6 is 22.7 Å². The highest BCUT2D eigenvalue weighted by molar-refractivity contribution is 7.22. The molecule has 6 nitrogen and oxygen atoms in total. The molecule has 0 aliphatic heterocycles. The summed E-state index contributed by atoms with van der Waals surface area (Å²) in [7, 11) is 7.29. The van der Waals surface area contributed by atoms with Gasteiger partial charge in [0.15, 0.2) is 5.13 Å². The second kappa shape index (κ2) is 9.87. The van der Waals surface area contributed by atoms with E-state index in [-0.39, 0.29) is 5.91 Å². The van der Waals surface area contributed by atoms with E-state index in [0.717, 1.165) is 28.3 Å². The van der Waals surface area contributed by atoms with Crippen molar-refractivity contribution in [1.29, 1.82) is 0 Å². The Morgan fingerprint density at radius 3 is 2.55 bits per heavy atom. The smallest absolute Gasteiger partial charge is 0.252 e. The lowest BCUT2D eigenvalue weighted by molar-refractivity contribution is -0.114. The molecule has 0 aliphatic rings. The zero-order chi connectivity index (χ0) is 20.8. The van der Waals surface area contributed by atoms with Crippen molar-refractivity contribution in [1.82, 2.24) is 9.88 Å². The third-order valence-corrected chi connectivity index (χ3v) is 6.25. The van der Waals surface area contributed by atoms with Crippen LogP contribution in [0.15, 0.2) is 35.7 Å². The largest absolute Gasteiger partial charge is 0.495 e. The van der Waals surface area contributed by atoms with Gasteiger partial charge < -0.3 is 14.4 Å². The molecule has 0 aliphatic carbocycles. The number of nitrogens with zero attached hydrogens (tertiary/aromatic N) is 3. The number of hydrogen-bond acceptors (Lipinski definition) is 7. The van der Waals surface area contributed by atoms with Crippen molar-refractivity contribution in [3.63, 3.8) is 0 Å². The van der Waals surface area contributed by atoms with Crippen LogP contribution in [0.3, 0.4) is 0 Å². The van der Waals surface area contributed by atoms with Crippen molar-refractivity contribution in [2.75, 3.05) is 46.3 Å². The van der Waals surface area contributed by atoms with Crippen molar-refractivity contribution in [3.05, 3.63) is 40.6 Å². The van der Waals surface area contributed by atoms with Gasteiger partial charge in [-0.1, -0.05) is 17.4 Å². The molecule has 0 N–H and O–H groups in total. The van der Waals surface area contributed by atoms with E-state index >= 15 is 0 Å². The van der Waals surface area contributed by atoms with Crippen LogP contribution in [0.2, 0.25) is 0 Å². The highest BCUT2D eigenvalue weighted by Crippen LogP contribution is 2.40. The number of methoxy groups -OCH3 is 2. The third-order valence-electron chi connectivity index (χ3n) is 4.32. The fourth-order valence-corrected chi connectivity index (χ4v) is 4.59. The van der Waals surface area contributed by atoms with E-state index in [2.05, 4.69) is 4.90 Å². The van der Waals surface area contributed by atoms with Gasteiger partial charge in [0.25, 0.3) is 5.91 Å². The number of benzene rings is 1. The molecule has 0 saturated carbocycles. The molecule has 1 aromatic carbocycles. The van der Waals surface area contributed by atoms with E-state index in [1.165, 1.54) is 11.3 Å². The summed E-state index contributed by atoms with van der Waals surface area (Å²) in [6, 6.07) is 7.64. The fourth-order valence-electron chi connectivity index (χ4n) is 2.86. The first kappa shape index (κ1) is 21.3. The maximum Gasteiger partial charge on any atom is 0.252 e. The standard InChI is InChI=1S/C21H25N3O3S2/c1-23(2)12-6-13-24(18(25)11-8-15-7-5-14-28-15)21-22-19-16(26-3)9-10-17(27-4)20(19)29-21/h5,7-11,14H,6,12-13H2,1-4H3. The van der Waals surface area contributed by atoms with Crippen LogP contribution in [0.5, 0.6) is 11.5 Å². The summed E-state index contributed by atoms with van der Waals surface area (Å²) in [6.45, 7) is 1.46. The zero-order valence-corrected chi connectivity index (χ0v) is 18.7. The van der Waals surface area contributed by atoms with Crippen molar-refractivity contribution < 1.29 is 14.3 Å². The van der Waals surface area contributed by atoms with Crippen LogP contribution in [-0.2, 0) is 4.79 Å². The predicted molar refractivity (Wildman–Crippen MR) is 122 cm³/mol. The van der Waals surface area contributed by atoms with E-state index < -0.39 is 0 Å². The Labute approximate surface area is 179 Å². The van der Waals surface area contributed by atoms with Crippen LogP contribution in [-0.4, -0.2) is 57.2 Å². The molecule has 0 spiro atoms. The number of carbonyl (C=O) groups excluding carboxylic acids is 1. The van der Waals surface area contributed by atoms with Gasteiger partial charge >= 0.3 is 0 Å². The zero-order valence-electron chi connectivity index (χ0n) is 17.0. The fraction of sp³-hybridized carbons (Fsp3) is 0.333. The summed E-state index contributed by atoms with van der Waals surface area (Å²) in [6.07, 6.45) is 4.30. The summed E-state index contributed by atoms with van der Waals surface area (Å²) in [5.74, 6) is 1.30. The van der Waals surface area contributed by atoms with Gasteiger partial charge in [-0.05, 0) is 56.7 Å². The summed E-state index contributed by atoms with van der Waals surface area (Å²) >= 11 is 3.04. The molecule has 2 heterocycles. The second-order valence-electron chi connectivity index (χ2n) is 6.64. The highest BCUT2D eigenvalue weighted by atomic mass is 32.1. The Morgan fingerprint density at radius 1 is 1.14 bits per heavy atom. The molecule has 8 heteroatoms. The number of ether oxygens (including phenoxy) is 2. The maximum absolute atomic E-state index is 13.0. The molecule has 0 radical (unpaired) electrons. The monoisotopic (exact) mass is 431 g/mol. The molecule has 0 saturated heterocycles. The van der Waals surface area contributed by atoms with Crippen molar-refractivity contribution >= 4 is 50.0 Å². The van der Waals surface area contributed by atoms with Gasteiger partial charge in [-0.15, -0.1) is 11.3 Å². The maximum atomic E-state index is 13.0. The highest BCUT2D eigenvalue weighted by Gasteiger charge is 2.21. The van der Waals surface area contributed by atoms with Gasteiger partial charge in [0.2, 0.25) is 0 Å². The van der Waals surface area contributed by atoms with E-state index in [9.17, 15) is 4.79 Å². The molecule has 0 fully saturated rings. The van der Waals surface area contributed by atoms with Crippen LogP contribution in [0.25, 0.3) is 16.3 Å². The Hall–Kier alpha value is -2.42. The molecule has 0 atom stereocenters. The minimum atomic E-state index is -0.0888. The van der Waals surface area contributed by atoms with Crippen LogP contribution in [0.4, 0.5) is 5.13 Å². The van der Waals surface area contributed by atoms with Crippen molar-refractivity contribution in [2.24, 2.45) is 0 Å². The normalized spacial score (nSPS) is 11.5. The molecule has 1 amide bonds. The Balaban J connectivity index is 1.95. The van der Waals surface area contributed by atoms with Gasteiger partial charge in [0.05, 0.1) is 14.2 Å². The molecule has 0 unspecified atom stereocenters. The summed E-state index contributed by atoms with van der Waals surface area (Å²) in [5.41, 5.74) is 0.708. The molecule has 3 rings (SSSR count). The molecule has 0 bridgehead atoms. The number of thiophene rings is 1. The SMILES string of the molecule is COc1ccc(OC)c2sc(N(CCCN(C)C)C(=O)C=Cc3cccs3)nc12. The quantitative estimate of drug-likeness (QED) is 0.471. The van der Waals surface area contributed by atoms with Crippen LogP contribution in [0, 0.1) is 0 Å². The van der Waals surface area contributed by atoms with E-state index in [1.807, 2.05) is 49.8 Å². The molecular formula is C21H25N3O3S2. The van der Waals surface area contributed by atoms with Gasteiger partial charge in [-0.3, -0.25) is 9.69 Å². The lowest BCUT2D eigenvalue weighted by Crippen LogP contribution is -2.32. The molecular weight excluding hydrogens is 406 g/mol. The first-order valence-electron chi connectivity index (χ1n) is 9.22. The predicted octanol–water partition coefficient (Wildman–Crippen LogP) is 4.37. The van der Waals surface area contributed by atoms with Gasteiger partial charge in [-0.25, -0.2) is 4.98 Å². The molecule has 154 valence electrons. The van der Waals surface area contributed by atoms with Crippen molar-refractivity contribution in [2.45, 2.75) is 6.42 Å². The lowest BCUT2D eigenvalue weighted by Gasteiger charge is -2.19. The number of amides is 1. The molecule has 3 aromatic rings. The van der Waals surface area contributed by atoms with E-state index in [4.69, 9.17) is 14.5 Å². The van der Waals surface area contributed by atoms with E-state index in [0.29, 0.717) is 22.9 Å². The molecule has 29 heavy (non-hydrogen) atoms. The van der Waals surface area contributed by atoms with Crippen molar-refractivity contribution in [3.8, 4) is 11.5 Å². The lowest BCUT2D eigenvalue weighted by atomic mass is 10.3. The topological polar surface area (TPSA) is 54.9 Å². The number of anilines is 1. The first-order valence-corrected chi connectivity index (χ1v) is 10.9. The summed E-state index contributed by atoms with van der Waals surface area (Å²) in [5, 5.41) is 2.63. The van der Waals surface area contributed by atoms with E-state index in [1.54, 1.807) is 36.5 Å². The number of hydrogen-bond donors (Lipinski definition) is 0. The van der Waals surface area contributed by atoms with Crippen LogP contribution in [0.1, 0.15) is 11.3 Å². The minimum absolute atomic E-state index is 0.0888. The number of fused-ring (bicyclic) bond motifs is 1. The second-order valence-corrected chi connectivity index (χ2v) is 8.60. The van der Waals surface area contributed by atoms with Crippen LogP contribution < -0.4 is 14.4 Å². The third kappa shape index (κ3) is 5.14. The average Bonchev–Trinajstić information content (AvgIpc) is 3.38. The number of carbonyl (C=O) groups is 1. The first-order chi connectivity index (χ1) is 14.0. The van der Waals surface area contributed by atoms with Gasteiger partial charge in [0.1, 0.15) is 21.7 Å². The Kier molecular flexibility index (Phi) is 7.24. The average molecular weight is 432 g/mol.